The molecule has 1 radical (unpaired) electrons. The van der Waals surface area contributed by atoms with Crippen LogP contribution in [0.3, 0.4) is 0 Å². The first kappa shape index (κ1) is 24.9. The number of nitrogens with one attached hydrogen (secondary N) is 2. The van der Waals surface area contributed by atoms with Gasteiger partial charge in [-0.1, -0.05) is 54.3 Å². The summed E-state index contributed by atoms with van der Waals surface area (Å²) in [6.07, 6.45) is -3.83. The molecule has 0 aliphatic rings. The van der Waals surface area contributed by atoms with Gasteiger partial charge >= 0.3 is 6.18 Å². The van der Waals surface area contributed by atoms with Crippen LogP contribution in [0, 0.1) is 6.92 Å². The van der Waals surface area contributed by atoms with Crippen LogP contribution >= 0.6 is 12.1 Å². The Kier molecular flexibility index (Phi) is 10.5. The summed E-state index contributed by atoms with van der Waals surface area (Å²) in [5.74, 6) is -0.225. The van der Waals surface area contributed by atoms with Gasteiger partial charge in [0.05, 0.1) is 5.56 Å². The Morgan fingerprint density at radius 3 is 2.50 bits per heavy atom. The number of hydrogen-bond acceptors (Lipinski definition) is 3. The normalized spacial score (nSPS) is 10.9. The van der Waals surface area contributed by atoms with Gasteiger partial charge in [-0.2, -0.15) is 13.2 Å². The van der Waals surface area contributed by atoms with Crippen molar-refractivity contribution >= 4 is 29.3 Å². The molecule has 0 atom stereocenters. The van der Waals surface area contributed by atoms with Gasteiger partial charge in [-0.25, -0.2) is 0 Å². The Labute approximate surface area is 192 Å². The number of alkyl halides is 3. The van der Waals surface area contributed by atoms with Crippen LogP contribution in [0.2, 0.25) is 0 Å². The van der Waals surface area contributed by atoms with Gasteiger partial charge in [0.2, 0.25) is 0 Å². The molecule has 4 N–H and O–H groups in total. The van der Waals surface area contributed by atoms with Crippen LogP contribution in [-0.4, -0.2) is 18.9 Å². The summed E-state index contributed by atoms with van der Waals surface area (Å²) in [5.41, 5.74) is 0.774. The SMILES string of the molecule is Cc1ccccc1[N-]c1cc(C(F)(F)F)ccc1C(=[N-])NCCCNSN.[Y]. The third kappa shape index (κ3) is 7.37. The largest absolute Gasteiger partial charge is 0.657 e. The topological polar surface area (TPSA) is 86.5 Å². The zero-order valence-electron chi connectivity index (χ0n) is 15.3. The molecule has 2 aromatic rings. The molecule has 0 bridgehead atoms. The minimum absolute atomic E-state index is 0. The molecule has 0 heterocycles. The average molecular weight is 484 g/mol. The van der Waals surface area contributed by atoms with E-state index in [0.717, 1.165) is 29.8 Å². The summed E-state index contributed by atoms with van der Waals surface area (Å²) in [6.45, 7) is 2.86. The van der Waals surface area contributed by atoms with Crippen LogP contribution in [0.5, 0.6) is 0 Å². The molecule has 0 fully saturated rings. The van der Waals surface area contributed by atoms with Crippen molar-refractivity contribution in [2.45, 2.75) is 19.5 Å². The number of halogens is 3. The monoisotopic (exact) mass is 484 g/mol. The van der Waals surface area contributed by atoms with E-state index in [1.807, 2.05) is 19.1 Å². The maximum absolute atomic E-state index is 13.1. The number of amidine groups is 1. The number of nitrogens with two attached hydrogens (primary N) is 1. The maximum atomic E-state index is 13.1. The van der Waals surface area contributed by atoms with Gasteiger partial charge in [-0.05, 0) is 25.0 Å². The third-order valence-corrected chi connectivity index (χ3v) is 4.14. The van der Waals surface area contributed by atoms with Gasteiger partial charge in [0, 0.05) is 51.4 Å². The second kappa shape index (κ2) is 11.8. The Bertz CT molecular complexity index is 786. The molecular formula is C18H20F3N5SY-2. The van der Waals surface area contributed by atoms with E-state index in [1.54, 1.807) is 12.1 Å². The molecule has 0 aliphatic carbocycles. The van der Waals surface area contributed by atoms with Gasteiger partial charge in [0.15, 0.2) is 0 Å². The zero-order valence-corrected chi connectivity index (χ0v) is 18.9. The van der Waals surface area contributed by atoms with Crippen molar-refractivity contribution < 1.29 is 45.9 Å². The average Bonchev–Trinajstić information content (AvgIpc) is 2.62. The Hall–Kier alpha value is -1.13. The molecule has 0 unspecified atom stereocenters. The molecule has 149 valence electrons. The van der Waals surface area contributed by atoms with Gasteiger partial charge < -0.3 is 16.0 Å². The van der Waals surface area contributed by atoms with E-state index in [1.165, 1.54) is 6.07 Å². The molecule has 0 saturated heterocycles. The standard InChI is InChI=1S/C18H20F3N5S.Y/c1-12-5-2-3-6-15(12)26-16-11-13(18(19,20)21)7-8-14(16)17(22)24-9-4-10-25-27-23;/h2-3,5-8,11,25H,4,9-10,23H2,1H3,(H-,22,24);/q-2;. The predicted molar refractivity (Wildman–Crippen MR) is 105 cm³/mol. The fraction of sp³-hybridized carbons (Fsp3) is 0.278. The van der Waals surface area contributed by atoms with E-state index >= 15 is 0 Å². The zero-order chi connectivity index (χ0) is 19.9. The van der Waals surface area contributed by atoms with Crippen molar-refractivity contribution in [1.82, 2.24) is 10.0 Å². The fourth-order valence-electron chi connectivity index (χ4n) is 2.34. The van der Waals surface area contributed by atoms with Gasteiger partial charge in [-0.3, -0.25) is 9.86 Å². The summed E-state index contributed by atoms with van der Waals surface area (Å²) in [4.78, 5) is 0. The Morgan fingerprint density at radius 1 is 1.14 bits per heavy atom. The maximum Gasteiger partial charge on any atom is 0.416 e. The van der Waals surface area contributed by atoms with Crippen molar-refractivity contribution in [2.24, 2.45) is 5.14 Å². The molecule has 0 spiro atoms. The first-order valence-electron chi connectivity index (χ1n) is 8.20. The first-order valence-corrected chi connectivity index (χ1v) is 9.08. The minimum Gasteiger partial charge on any atom is -0.657 e. The smallest absolute Gasteiger partial charge is 0.416 e. The number of para-hydroxylation sites is 1. The van der Waals surface area contributed by atoms with E-state index < -0.39 is 11.7 Å². The summed E-state index contributed by atoms with van der Waals surface area (Å²) < 4.78 is 42.1. The van der Waals surface area contributed by atoms with Crippen LogP contribution in [0.15, 0.2) is 42.5 Å². The molecule has 0 aliphatic heterocycles. The summed E-state index contributed by atoms with van der Waals surface area (Å²) in [7, 11) is 0. The number of nitrogens with zero attached hydrogens (tertiary/aromatic N) is 2. The molecule has 5 nitrogen and oxygen atoms in total. The van der Waals surface area contributed by atoms with Crippen molar-refractivity contribution in [2.75, 3.05) is 13.1 Å². The van der Waals surface area contributed by atoms with Gasteiger partial charge in [0.25, 0.3) is 0 Å². The predicted octanol–water partition coefficient (Wildman–Crippen LogP) is 4.76. The van der Waals surface area contributed by atoms with Crippen molar-refractivity contribution in [1.29, 1.82) is 0 Å². The van der Waals surface area contributed by atoms with E-state index in [4.69, 9.17) is 5.14 Å². The van der Waals surface area contributed by atoms with Crippen LogP contribution in [0.25, 0.3) is 10.7 Å². The summed E-state index contributed by atoms with van der Waals surface area (Å²) >= 11 is 0.997. The molecule has 0 amide bonds. The molecule has 0 saturated carbocycles. The van der Waals surface area contributed by atoms with Crippen LogP contribution in [0.4, 0.5) is 24.5 Å². The van der Waals surface area contributed by atoms with E-state index in [-0.39, 0.29) is 49.8 Å². The van der Waals surface area contributed by atoms with E-state index in [0.29, 0.717) is 25.2 Å². The minimum atomic E-state index is -4.50. The number of aryl methyl sites for hydroxylation is 1. The molecule has 2 aromatic carbocycles. The molecule has 0 aromatic heterocycles. The molecule has 28 heavy (non-hydrogen) atoms. The van der Waals surface area contributed by atoms with Crippen LogP contribution < -0.4 is 15.2 Å². The van der Waals surface area contributed by atoms with Crippen molar-refractivity contribution in [3.63, 3.8) is 0 Å². The van der Waals surface area contributed by atoms with Crippen LogP contribution in [-0.2, 0) is 38.9 Å². The molecule has 10 heteroatoms. The number of hydrogen-bond donors (Lipinski definition) is 3. The second-order valence-corrected chi connectivity index (χ2v) is 6.29. The number of benzene rings is 2. The van der Waals surface area contributed by atoms with E-state index in [9.17, 15) is 18.6 Å². The summed E-state index contributed by atoms with van der Waals surface area (Å²) in [6, 6.07) is 10.2. The van der Waals surface area contributed by atoms with Gasteiger partial charge in [-0.15, -0.1) is 11.4 Å². The number of rotatable bonds is 8. The first-order chi connectivity index (χ1) is 12.8. The van der Waals surface area contributed by atoms with Crippen molar-refractivity contribution in [3.8, 4) is 0 Å². The second-order valence-electron chi connectivity index (χ2n) is 5.77. The van der Waals surface area contributed by atoms with Crippen LogP contribution in [0.1, 0.15) is 23.1 Å². The van der Waals surface area contributed by atoms with Gasteiger partial charge in [0.1, 0.15) is 0 Å². The Morgan fingerprint density at radius 2 is 1.86 bits per heavy atom. The fourth-order valence-corrected chi connectivity index (χ4v) is 2.60. The molecular weight excluding hydrogens is 464 g/mol. The quantitative estimate of drug-likeness (QED) is 0.218. The summed E-state index contributed by atoms with van der Waals surface area (Å²) in [5, 5.41) is 22.7. The van der Waals surface area contributed by atoms with E-state index in [2.05, 4.69) is 15.4 Å². The third-order valence-electron chi connectivity index (χ3n) is 3.77. The Balaban J connectivity index is 0.00000392. The van der Waals surface area contributed by atoms with Crippen molar-refractivity contribution in [3.05, 3.63) is 69.9 Å². The molecule has 2 rings (SSSR count).